The van der Waals surface area contributed by atoms with Crippen molar-refractivity contribution in [3.63, 3.8) is 0 Å². The van der Waals surface area contributed by atoms with E-state index in [1.807, 2.05) is 0 Å². The van der Waals surface area contributed by atoms with Crippen LogP contribution in [-0.4, -0.2) is 90.4 Å². The SMILES string of the molecule is CCN(C(=O)OC(C)(C)C)C1=N[C@@H]2[C@H](OC(=S)n3ccnc3)[C@H](c3ccccc3C(=O)O)[C@H](COC(=O)c3ccccc3)O[C@@H]2S1. The van der Waals surface area contributed by atoms with Crippen molar-refractivity contribution >= 4 is 52.4 Å². The van der Waals surface area contributed by atoms with Crippen molar-refractivity contribution in [3.05, 3.63) is 90.0 Å². The van der Waals surface area contributed by atoms with Crippen LogP contribution in [0.5, 0.6) is 0 Å². The number of carbonyl (C=O) groups is 3. The summed E-state index contributed by atoms with van der Waals surface area (Å²) in [5.74, 6) is -2.54. The van der Waals surface area contributed by atoms with Crippen LogP contribution < -0.4 is 0 Å². The van der Waals surface area contributed by atoms with E-state index < -0.39 is 53.2 Å². The van der Waals surface area contributed by atoms with E-state index in [4.69, 9.17) is 36.2 Å². The number of nitrogens with zero attached hydrogens (tertiary/aromatic N) is 4. The maximum Gasteiger partial charge on any atom is 0.416 e. The van der Waals surface area contributed by atoms with E-state index in [0.717, 1.165) is 0 Å². The summed E-state index contributed by atoms with van der Waals surface area (Å²) in [6.45, 7) is 7.17. The molecule has 46 heavy (non-hydrogen) atoms. The molecule has 5 rings (SSSR count). The molecule has 1 fully saturated rings. The third-order valence-electron chi connectivity index (χ3n) is 7.21. The van der Waals surface area contributed by atoms with Gasteiger partial charge in [0.05, 0.1) is 17.0 Å². The first-order chi connectivity index (χ1) is 22.0. The summed E-state index contributed by atoms with van der Waals surface area (Å²) in [5, 5.41) is 10.6. The Morgan fingerprint density at radius 1 is 1.11 bits per heavy atom. The van der Waals surface area contributed by atoms with Crippen LogP contribution in [0, 0.1) is 0 Å². The number of ether oxygens (including phenoxy) is 4. The molecule has 2 aliphatic heterocycles. The topological polar surface area (TPSA) is 142 Å². The van der Waals surface area contributed by atoms with Crippen LogP contribution in [0.15, 0.2) is 78.3 Å². The number of carboxylic acid groups (broad SMARTS) is 1. The number of carboxylic acids is 1. The second-order valence-electron chi connectivity index (χ2n) is 11.5. The fraction of sp³-hybridized carbons (Fsp3) is 0.375. The Morgan fingerprint density at radius 3 is 2.48 bits per heavy atom. The molecule has 2 aliphatic rings. The van der Waals surface area contributed by atoms with Crippen LogP contribution in [0.1, 0.15) is 59.9 Å². The summed E-state index contributed by atoms with van der Waals surface area (Å²) < 4.78 is 25.9. The van der Waals surface area contributed by atoms with E-state index in [0.29, 0.717) is 16.3 Å². The van der Waals surface area contributed by atoms with Gasteiger partial charge in [-0.1, -0.05) is 48.2 Å². The minimum atomic E-state index is -1.15. The number of imidazole rings is 1. The third kappa shape index (κ3) is 7.40. The second kappa shape index (κ2) is 14.0. The average molecular weight is 667 g/mol. The number of amidine groups is 1. The lowest BCUT2D eigenvalue weighted by Gasteiger charge is -2.43. The summed E-state index contributed by atoms with van der Waals surface area (Å²) in [5.41, 5.74) is -0.671. The lowest BCUT2D eigenvalue weighted by atomic mass is 9.80. The van der Waals surface area contributed by atoms with Crippen molar-refractivity contribution in [2.45, 2.75) is 62.9 Å². The Balaban J connectivity index is 1.56. The van der Waals surface area contributed by atoms with Gasteiger partial charge in [-0.3, -0.25) is 14.5 Å². The van der Waals surface area contributed by atoms with Crippen molar-refractivity contribution in [2.24, 2.45) is 4.99 Å². The number of carbonyl (C=O) groups excluding carboxylic acids is 2. The number of fused-ring (bicyclic) bond motifs is 1. The summed E-state index contributed by atoms with van der Waals surface area (Å²) in [6, 6.07) is 14.3. The van der Waals surface area contributed by atoms with Crippen LogP contribution in [0.2, 0.25) is 0 Å². The fourth-order valence-corrected chi connectivity index (χ4v) is 6.70. The first kappa shape index (κ1) is 33.1. The van der Waals surface area contributed by atoms with Gasteiger partial charge >= 0.3 is 18.0 Å². The van der Waals surface area contributed by atoms with Crippen molar-refractivity contribution in [3.8, 4) is 0 Å². The Hall–Kier alpha value is -4.27. The first-order valence-electron chi connectivity index (χ1n) is 14.6. The highest BCUT2D eigenvalue weighted by Crippen LogP contribution is 2.46. The van der Waals surface area contributed by atoms with Gasteiger partial charge in [0.2, 0.25) is 0 Å². The molecule has 0 bridgehead atoms. The van der Waals surface area contributed by atoms with Crippen molar-refractivity contribution in [2.75, 3.05) is 13.2 Å². The molecular weight excluding hydrogens is 633 g/mol. The molecule has 1 saturated heterocycles. The molecule has 242 valence electrons. The molecule has 5 atom stereocenters. The number of aromatic carboxylic acids is 1. The molecular formula is C32H34N4O8S2. The van der Waals surface area contributed by atoms with Gasteiger partial charge in [0.15, 0.2) is 5.17 Å². The van der Waals surface area contributed by atoms with Gasteiger partial charge in [0.1, 0.15) is 42.2 Å². The Morgan fingerprint density at radius 2 is 1.83 bits per heavy atom. The van der Waals surface area contributed by atoms with Crippen LogP contribution in [-0.2, 0) is 18.9 Å². The number of thioether (sulfide) groups is 1. The minimum Gasteiger partial charge on any atom is -0.478 e. The molecule has 3 heterocycles. The van der Waals surface area contributed by atoms with Gasteiger partial charge in [-0.15, -0.1) is 0 Å². The van der Waals surface area contributed by atoms with E-state index >= 15 is 0 Å². The zero-order valence-electron chi connectivity index (χ0n) is 25.6. The predicted molar refractivity (Wildman–Crippen MR) is 174 cm³/mol. The predicted octanol–water partition coefficient (Wildman–Crippen LogP) is 5.19. The van der Waals surface area contributed by atoms with E-state index in [1.54, 1.807) is 88.6 Å². The monoisotopic (exact) mass is 666 g/mol. The molecule has 2 aromatic carbocycles. The molecule has 0 saturated carbocycles. The number of esters is 1. The smallest absolute Gasteiger partial charge is 0.416 e. The van der Waals surface area contributed by atoms with Gasteiger partial charge in [0, 0.05) is 18.9 Å². The number of aromatic nitrogens is 2. The highest BCUT2D eigenvalue weighted by Gasteiger charge is 2.53. The Bertz CT molecular complexity index is 1610. The van der Waals surface area contributed by atoms with Crippen molar-refractivity contribution in [1.29, 1.82) is 0 Å². The van der Waals surface area contributed by atoms with Crippen LogP contribution in [0.4, 0.5) is 4.79 Å². The molecule has 0 unspecified atom stereocenters. The quantitative estimate of drug-likeness (QED) is 0.263. The van der Waals surface area contributed by atoms with E-state index in [9.17, 15) is 19.5 Å². The van der Waals surface area contributed by atoms with Crippen LogP contribution in [0.3, 0.4) is 0 Å². The Labute approximate surface area is 275 Å². The van der Waals surface area contributed by atoms with Crippen molar-refractivity contribution < 1.29 is 38.4 Å². The summed E-state index contributed by atoms with van der Waals surface area (Å²) in [4.78, 5) is 49.0. The number of hydrogen-bond acceptors (Lipinski definition) is 11. The molecule has 12 nitrogen and oxygen atoms in total. The first-order valence-corrected chi connectivity index (χ1v) is 15.9. The second-order valence-corrected chi connectivity index (χ2v) is 12.9. The molecule has 0 aliphatic carbocycles. The zero-order chi connectivity index (χ0) is 33.0. The van der Waals surface area contributed by atoms with Gasteiger partial charge in [0.25, 0.3) is 5.17 Å². The summed E-state index contributed by atoms with van der Waals surface area (Å²) >= 11 is 6.84. The largest absolute Gasteiger partial charge is 0.478 e. The van der Waals surface area contributed by atoms with E-state index in [2.05, 4.69) is 4.98 Å². The fourth-order valence-electron chi connectivity index (χ4n) is 5.21. The lowest BCUT2D eigenvalue weighted by Crippen LogP contribution is -2.53. The lowest BCUT2D eigenvalue weighted by molar-refractivity contribution is -0.103. The molecule has 14 heteroatoms. The Kier molecular flexibility index (Phi) is 10.1. The van der Waals surface area contributed by atoms with Gasteiger partial charge in [-0.2, -0.15) is 0 Å². The number of amides is 1. The number of thiocarbonyl (C=S) groups is 1. The molecule has 1 amide bonds. The highest BCUT2D eigenvalue weighted by atomic mass is 32.2. The number of rotatable bonds is 7. The number of hydrogen-bond donors (Lipinski definition) is 1. The molecule has 3 aromatic rings. The average Bonchev–Trinajstić information content (AvgIpc) is 3.71. The molecule has 1 N–H and O–H groups in total. The summed E-state index contributed by atoms with van der Waals surface area (Å²) in [7, 11) is 0. The maximum absolute atomic E-state index is 13.2. The van der Waals surface area contributed by atoms with Gasteiger partial charge in [-0.25, -0.2) is 19.4 Å². The normalized spacial score (nSPS) is 22.3. The van der Waals surface area contributed by atoms with E-state index in [-0.39, 0.29) is 23.9 Å². The molecule has 1 aromatic heterocycles. The number of benzene rings is 2. The summed E-state index contributed by atoms with van der Waals surface area (Å²) in [6.07, 6.45) is 2.29. The minimum absolute atomic E-state index is 0.0230. The van der Waals surface area contributed by atoms with Gasteiger partial charge < -0.3 is 24.1 Å². The highest BCUT2D eigenvalue weighted by molar-refractivity contribution is 8.14. The van der Waals surface area contributed by atoms with E-state index in [1.165, 1.54) is 33.6 Å². The maximum atomic E-state index is 13.2. The molecule has 0 radical (unpaired) electrons. The molecule has 0 spiro atoms. The van der Waals surface area contributed by atoms with Crippen LogP contribution in [0.25, 0.3) is 0 Å². The zero-order valence-corrected chi connectivity index (χ0v) is 27.3. The standard InChI is InChI=1S/C32H34N4O8S2/c1-5-36(30(40)44-32(2,3)4)29-34-24-25(43-31(45)35-16-15-33-18-35)23(20-13-9-10-14-21(20)26(37)38)22(42-28(24)46-29)17-41-27(39)19-11-7-6-8-12-19/h6-16,18,22-25,28H,5,17H2,1-4H3,(H,37,38)/t22-,23+,24+,25+,28+/m0/s1. The van der Waals surface area contributed by atoms with Crippen LogP contribution >= 0.6 is 24.0 Å². The van der Waals surface area contributed by atoms with Crippen molar-refractivity contribution in [1.82, 2.24) is 14.5 Å². The number of aliphatic imine (C=N–C) groups is 1. The van der Waals surface area contributed by atoms with Gasteiger partial charge in [-0.05, 0) is 63.7 Å². The third-order valence-corrected chi connectivity index (χ3v) is 8.68.